The van der Waals surface area contributed by atoms with Crippen molar-refractivity contribution in [2.75, 3.05) is 0 Å². The van der Waals surface area contributed by atoms with Gasteiger partial charge in [-0.05, 0) is 18.3 Å². The second-order valence-corrected chi connectivity index (χ2v) is 6.30. The quantitative estimate of drug-likeness (QED) is 0.348. The molecule has 0 spiro atoms. The van der Waals surface area contributed by atoms with E-state index in [0.717, 1.165) is 11.8 Å². The zero-order valence-electron chi connectivity index (χ0n) is 12.3. The van der Waals surface area contributed by atoms with Crippen LogP contribution >= 0.6 is 0 Å². The minimum Gasteiger partial charge on any atom is -0.0654 e. The molecule has 0 heteroatoms. The highest BCUT2D eigenvalue weighted by Gasteiger charge is 2.31. The fourth-order valence-corrected chi connectivity index (χ4v) is 2.87. The first-order valence-corrected chi connectivity index (χ1v) is 8.34. The molecule has 1 aliphatic rings. The van der Waals surface area contributed by atoms with Crippen molar-refractivity contribution in [3.8, 4) is 0 Å². The van der Waals surface area contributed by atoms with E-state index in [1.807, 2.05) is 0 Å². The molecule has 1 saturated carbocycles. The summed E-state index contributed by atoms with van der Waals surface area (Å²) in [5.74, 6) is 2.19. The molecule has 1 aliphatic carbocycles. The Balaban J connectivity index is 1.64. The lowest BCUT2D eigenvalue weighted by Crippen LogP contribution is -1.84. The normalized spacial score (nSPS) is 22.9. The predicted molar refractivity (Wildman–Crippen MR) is 78.3 cm³/mol. The van der Waals surface area contributed by atoms with E-state index in [1.165, 1.54) is 83.5 Å². The first-order valence-electron chi connectivity index (χ1n) is 8.34. The van der Waals surface area contributed by atoms with Crippen LogP contribution in [0.4, 0.5) is 0 Å². The Hall–Kier alpha value is 0. The van der Waals surface area contributed by atoms with Gasteiger partial charge in [0.05, 0.1) is 0 Å². The lowest BCUT2D eigenvalue weighted by atomic mass is 10.0. The van der Waals surface area contributed by atoms with Crippen LogP contribution in [0.2, 0.25) is 0 Å². The van der Waals surface area contributed by atoms with Gasteiger partial charge in [0.25, 0.3) is 0 Å². The van der Waals surface area contributed by atoms with Gasteiger partial charge in [-0.3, -0.25) is 0 Å². The van der Waals surface area contributed by atoms with Crippen molar-refractivity contribution in [1.82, 2.24) is 0 Å². The summed E-state index contributed by atoms with van der Waals surface area (Å²) in [7, 11) is 0. The lowest BCUT2D eigenvalue weighted by Gasteiger charge is -2.02. The molecule has 2 atom stereocenters. The smallest absolute Gasteiger partial charge is 0.0386 e. The molecule has 0 heterocycles. The van der Waals surface area contributed by atoms with E-state index in [-0.39, 0.29) is 0 Å². The number of unbranched alkanes of at least 4 members (excludes halogenated alkanes) is 10. The average Bonchev–Trinajstić information content (AvgIpc) is 3.02. The third-order valence-corrected chi connectivity index (χ3v) is 4.45. The van der Waals surface area contributed by atoms with E-state index in [4.69, 9.17) is 0 Å². The van der Waals surface area contributed by atoms with Crippen molar-refractivity contribution >= 4 is 0 Å². The van der Waals surface area contributed by atoms with E-state index in [9.17, 15) is 0 Å². The van der Waals surface area contributed by atoms with Crippen LogP contribution in [0.1, 0.15) is 97.3 Å². The Morgan fingerprint density at radius 3 is 1.53 bits per heavy atom. The predicted octanol–water partition coefficient (Wildman–Crippen LogP) is 6.34. The SMILES string of the molecule is CCCCCCCCCCCCCC1CC1C. The molecule has 0 saturated heterocycles. The summed E-state index contributed by atoms with van der Waals surface area (Å²) in [6.45, 7) is 4.70. The molecule has 0 aromatic carbocycles. The third kappa shape index (κ3) is 8.69. The van der Waals surface area contributed by atoms with Crippen molar-refractivity contribution < 1.29 is 0 Å². The maximum Gasteiger partial charge on any atom is -0.0386 e. The van der Waals surface area contributed by atoms with Crippen LogP contribution in [0.5, 0.6) is 0 Å². The van der Waals surface area contributed by atoms with Gasteiger partial charge in [0.2, 0.25) is 0 Å². The zero-order valence-corrected chi connectivity index (χ0v) is 12.3. The summed E-state index contributed by atoms with van der Waals surface area (Å²) in [5, 5.41) is 0. The van der Waals surface area contributed by atoms with Crippen molar-refractivity contribution in [3.05, 3.63) is 0 Å². The summed E-state index contributed by atoms with van der Waals surface area (Å²) in [4.78, 5) is 0. The Morgan fingerprint density at radius 1 is 0.706 bits per heavy atom. The van der Waals surface area contributed by atoms with Gasteiger partial charge < -0.3 is 0 Å². The highest BCUT2D eigenvalue weighted by Crippen LogP contribution is 2.41. The minimum absolute atomic E-state index is 1.07. The average molecular weight is 238 g/mol. The van der Waals surface area contributed by atoms with Crippen LogP contribution in [0, 0.1) is 11.8 Å². The fourth-order valence-electron chi connectivity index (χ4n) is 2.87. The molecular weight excluding hydrogens is 204 g/mol. The molecule has 0 aliphatic heterocycles. The van der Waals surface area contributed by atoms with Gasteiger partial charge in [-0.2, -0.15) is 0 Å². The van der Waals surface area contributed by atoms with Gasteiger partial charge in [0.1, 0.15) is 0 Å². The number of rotatable bonds is 12. The maximum atomic E-state index is 2.41. The molecule has 0 aromatic heterocycles. The van der Waals surface area contributed by atoms with Gasteiger partial charge in [-0.15, -0.1) is 0 Å². The summed E-state index contributed by atoms with van der Waals surface area (Å²) in [5.41, 5.74) is 0. The summed E-state index contributed by atoms with van der Waals surface area (Å²) in [6.07, 6.45) is 19.3. The molecule has 0 amide bonds. The van der Waals surface area contributed by atoms with Crippen LogP contribution < -0.4 is 0 Å². The van der Waals surface area contributed by atoms with E-state index in [1.54, 1.807) is 0 Å². The summed E-state index contributed by atoms with van der Waals surface area (Å²) < 4.78 is 0. The Kier molecular flexibility index (Phi) is 8.83. The molecule has 0 bridgehead atoms. The molecular formula is C17H34. The second-order valence-electron chi connectivity index (χ2n) is 6.30. The van der Waals surface area contributed by atoms with Crippen LogP contribution in [0.15, 0.2) is 0 Å². The summed E-state index contributed by atoms with van der Waals surface area (Å²) in [6, 6.07) is 0. The molecule has 102 valence electrons. The molecule has 17 heavy (non-hydrogen) atoms. The van der Waals surface area contributed by atoms with Crippen LogP contribution in [-0.2, 0) is 0 Å². The largest absolute Gasteiger partial charge is 0.0654 e. The van der Waals surface area contributed by atoms with Gasteiger partial charge in [0, 0.05) is 0 Å². The molecule has 0 radical (unpaired) electrons. The first-order chi connectivity index (χ1) is 8.34. The van der Waals surface area contributed by atoms with Gasteiger partial charge in [-0.25, -0.2) is 0 Å². The van der Waals surface area contributed by atoms with E-state index in [0.29, 0.717) is 0 Å². The van der Waals surface area contributed by atoms with Crippen molar-refractivity contribution in [1.29, 1.82) is 0 Å². The van der Waals surface area contributed by atoms with Crippen molar-refractivity contribution in [2.24, 2.45) is 11.8 Å². The van der Waals surface area contributed by atoms with E-state index >= 15 is 0 Å². The van der Waals surface area contributed by atoms with Gasteiger partial charge >= 0.3 is 0 Å². The van der Waals surface area contributed by atoms with Crippen molar-refractivity contribution in [3.63, 3.8) is 0 Å². The fraction of sp³-hybridized carbons (Fsp3) is 1.00. The second kappa shape index (κ2) is 9.97. The van der Waals surface area contributed by atoms with Crippen LogP contribution in [-0.4, -0.2) is 0 Å². The number of hydrogen-bond acceptors (Lipinski definition) is 0. The highest BCUT2D eigenvalue weighted by molar-refractivity contribution is 4.81. The van der Waals surface area contributed by atoms with E-state index in [2.05, 4.69) is 13.8 Å². The van der Waals surface area contributed by atoms with Crippen LogP contribution in [0.25, 0.3) is 0 Å². The van der Waals surface area contributed by atoms with Gasteiger partial charge in [0.15, 0.2) is 0 Å². The molecule has 1 fully saturated rings. The lowest BCUT2D eigenvalue weighted by molar-refractivity contribution is 0.530. The van der Waals surface area contributed by atoms with E-state index < -0.39 is 0 Å². The highest BCUT2D eigenvalue weighted by atomic mass is 14.4. The molecule has 1 rings (SSSR count). The third-order valence-electron chi connectivity index (χ3n) is 4.45. The standard InChI is InChI=1S/C17H34/c1-3-4-5-6-7-8-9-10-11-12-13-14-17-15-16(17)2/h16-17H,3-15H2,1-2H3. The topological polar surface area (TPSA) is 0 Å². The maximum absolute atomic E-state index is 2.41. The number of hydrogen-bond donors (Lipinski definition) is 0. The summed E-state index contributed by atoms with van der Waals surface area (Å²) >= 11 is 0. The monoisotopic (exact) mass is 238 g/mol. The van der Waals surface area contributed by atoms with Crippen molar-refractivity contribution in [2.45, 2.75) is 97.3 Å². The zero-order chi connectivity index (χ0) is 12.3. The molecule has 2 unspecified atom stereocenters. The molecule has 0 N–H and O–H groups in total. The first kappa shape index (κ1) is 15.1. The van der Waals surface area contributed by atoms with Crippen LogP contribution in [0.3, 0.4) is 0 Å². The Morgan fingerprint density at radius 2 is 1.12 bits per heavy atom. The Labute approximate surface area is 110 Å². The molecule has 0 aromatic rings. The Bertz CT molecular complexity index is 161. The van der Waals surface area contributed by atoms with Gasteiger partial charge in [-0.1, -0.05) is 90.9 Å². The molecule has 0 nitrogen and oxygen atoms in total. The minimum atomic E-state index is 1.07.